The molecule has 1 fully saturated rings. The van der Waals surface area contributed by atoms with Gasteiger partial charge < -0.3 is 5.32 Å². The van der Waals surface area contributed by atoms with Crippen molar-refractivity contribution in [2.45, 2.75) is 13.5 Å². The highest BCUT2D eigenvalue weighted by Crippen LogP contribution is 2.34. The molecule has 190 valence electrons. The van der Waals surface area contributed by atoms with Crippen LogP contribution in [0.25, 0.3) is 17.3 Å². The summed E-state index contributed by atoms with van der Waals surface area (Å²) in [7, 11) is 0. The average Bonchev–Trinajstić information content (AvgIpc) is 3.42. The Morgan fingerprint density at radius 1 is 1.00 bits per heavy atom. The van der Waals surface area contributed by atoms with Gasteiger partial charge in [0.05, 0.1) is 17.1 Å². The van der Waals surface area contributed by atoms with E-state index in [1.165, 1.54) is 0 Å². The van der Waals surface area contributed by atoms with Gasteiger partial charge in [-0.15, -0.1) is 0 Å². The summed E-state index contributed by atoms with van der Waals surface area (Å²) in [5.74, 6) is -0.957. The summed E-state index contributed by atoms with van der Waals surface area (Å²) in [6, 6.07) is 24.4. The fourth-order valence-electron chi connectivity index (χ4n) is 3.98. The van der Waals surface area contributed by atoms with E-state index in [1.807, 2.05) is 79.9 Å². The maximum absolute atomic E-state index is 13.1. The van der Waals surface area contributed by atoms with Crippen molar-refractivity contribution in [3.8, 4) is 11.3 Å². The number of thioether (sulfide) groups is 1. The molecule has 0 aliphatic carbocycles. The van der Waals surface area contributed by atoms with Crippen LogP contribution in [0.2, 0.25) is 5.02 Å². The van der Waals surface area contributed by atoms with Gasteiger partial charge in [-0.25, -0.2) is 0 Å². The fraction of sp³-hybridized carbons (Fsp3) is 0.103. The van der Waals surface area contributed by atoms with Gasteiger partial charge in [-0.05, 0) is 54.6 Å². The zero-order valence-corrected chi connectivity index (χ0v) is 22.0. The van der Waals surface area contributed by atoms with Crippen molar-refractivity contribution >= 4 is 52.2 Å². The predicted octanol–water partition coefficient (Wildman–Crippen LogP) is 6.24. The van der Waals surface area contributed by atoms with Crippen LogP contribution >= 0.6 is 23.4 Å². The second-order valence-electron chi connectivity index (χ2n) is 8.81. The van der Waals surface area contributed by atoms with E-state index in [4.69, 9.17) is 16.7 Å². The number of carbonyl (C=O) groups is 3. The van der Waals surface area contributed by atoms with Crippen LogP contribution in [-0.4, -0.2) is 38.3 Å². The molecule has 1 aliphatic rings. The molecular formula is C29H23ClN4O3S. The van der Waals surface area contributed by atoms with Crippen LogP contribution in [0.4, 0.5) is 10.5 Å². The molecule has 0 bridgehead atoms. The zero-order chi connectivity index (χ0) is 26.6. The number of aryl methyl sites for hydroxylation is 1. The summed E-state index contributed by atoms with van der Waals surface area (Å²) in [4.78, 5) is 39.5. The largest absolute Gasteiger partial charge is 0.325 e. The quantitative estimate of drug-likeness (QED) is 0.280. The molecular weight excluding hydrogens is 520 g/mol. The Hall–Kier alpha value is -4.14. The summed E-state index contributed by atoms with van der Waals surface area (Å²) in [6.07, 6.45) is 3.51. The lowest BCUT2D eigenvalue weighted by Crippen LogP contribution is -2.36. The molecule has 0 atom stereocenters. The number of nitrogens with zero attached hydrogens (tertiary/aromatic N) is 3. The third kappa shape index (κ3) is 5.88. The van der Waals surface area contributed by atoms with E-state index in [2.05, 4.69) is 5.32 Å². The van der Waals surface area contributed by atoms with E-state index >= 15 is 0 Å². The number of anilines is 1. The SMILES string of the molecule is Cc1ccc(NC(=O)CN2C(=O)SC(=Cc3cn(Cc4ccc(Cl)cc4)nc3-c3ccccc3)C2=O)cc1. The minimum Gasteiger partial charge on any atom is -0.325 e. The van der Waals surface area contributed by atoms with Crippen molar-refractivity contribution in [1.29, 1.82) is 0 Å². The number of rotatable bonds is 7. The van der Waals surface area contributed by atoms with Crippen molar-refractivity contribution < 1.29 is 14.4 Å². The maximum Gasteiger partial charge on any atom is 0.294 e. The Balaban J connectivity index is 1.38. The number of aromatic nitrogens is 2. The van der Waals surface area contributed by atoms with Crippen LogP contribution in [0, 0.1) is 6.92 Å². The second kappa shape index (κ2) is 11.1. The number of benzene rings is 3. The van der Waals surface area contributed by atoms with E-state index < -0.39 is 17.1 Å². The number of hydrogen-bond acceptors (Lipinski definition) is 5. The first kappa shape index (κ1) is 25.5. The summed E-state index contributed by atoms with van der Waals surface area (Å²) >= 11 is 6.83. The summed E-state index contributed by atoms with van der Waals surface area (Å²) in [5, 5.41) is 7.65. The molecule has 9 heteroatoms. The molecule has 0 saturated carbocycles. The molecule has 0 radical (unpaired) electrons. The molecule has 0 spiro atoms. The molecule has 2 heterocycles. The fourth-order valence-corrected chi connectivity index (χ4v) is 4.93. The zero-order valence-electron chi connectivity index (χ0n) is 20.4. The number of halogens is 1. The van der Waals surface area contributed by atoms with Crippen LogP contribution in [0.1, 0.15) is 16.7 Å². The molecule has 4 aromatic rings. The van der Waals surface area contributed by atoms with E-state index in [0.717, 1.165) is 33.4 Å². The second-order valence-corrected chi connectivity index (χ2v) is 10.2. The topological polar surface area (TPSA) is 84.3 Å². The number of imide groups is 1. The highest BCUT2D eigenvalue weighted by atomic mass is 35.5. The van der Waals surface area contributed by atoms with Crippen LogP contribution in [0.3, 0.4) is 0 Å². The Morgan fingerprint density at radius 2 is 1.71 bits per heavy atom. The smallest absolute Gasteiger partial charge is 0.294 e. The third-order valence-corrected chi connectivity index (χ3v) is 7.05. The minimum absolute atomic E-state index is 0.237. The average molecular weight is 543 g/mol. The Labute approximate surface area is 229 Å². The molecule has 1 N–H and O–H groups in total. The first-order chi connectivity index (χ1) is 18.4. The number of amides is 3. The van der Waals surface area contributed by atoms with E-state index in [9.17, 15) is 14.4 Å². The summed E-state index contributed by atoms with van der Waals surface area (Å²) in [6.45, 7) is 2.09. The van der Waals surface area contributed by atoms with Crippen molar-refractivity contribution in [3.63, 3.8) is 0 Å². The molecule has 5 rings (SSSR count). The predicted molar refractivity (Wildman–Crippen MR) is 151 cm³/mol. The van der Waals surface area contributed by atoms with Gasteiger partial charge in [0.15, 0.2) is 0 Å². The summed E-state index contributed by atoms with van der Waals surface area (Å²) in [5.41, 5.74) is 4.94. The highest BCUT2D eigenvalue weighted by molar-refractivity contribution is 8.18. The third-order valence-electron chi connectivity index (χ3n) is 5.89. The molecule has 1 aromatic heterocycles. The summed E-state index contributed by atoms with van der Waals surface area (Å²) < 4.78 is 1.79. The van der Waals surface area contributed by atoms with E-state index in [1.54, 1.807) is 22.9 Å². The van der Waals surface area contributed by atoms with Gasteiger partial charge in [-0.2, -0.15) is 5.10 Å². The van der Waals surface area contributed by atoms with E-state index in [0.29, 0.717) is 28.5 Å². The van der Waals surface area contributed by atoms with Crippen molar-refractivity contribution in [2.24, 2.45) is 0 Å². The minimum atomic E-state index is -0.511. The molecule has 0 unspecified atom stereocenters. The van der Waals surface area contributed by atoms with Gasteiger partial charge in [-0.1, -0.05) is 71.8 Å². The van der Waals surface area contributed by atoms with Crippen LogP contribution in [-0.2, 0) is 16.1 Å². The molecule has 1 saturated heterocycles. The maximum atomic E-state index is 13.1. The van der Waals surface area contributed by atoms with Crippen molar-refractivity contribution in [3.05, 3.63) is 112 Å². The van der Waals surface area contributed by atoms with Gasteiger partial charge >= 0.3 is 0 Å². The lowest BCUT2D eigenvalue weighted by atomic mass is 10.1. The van der Waals surface area contributed by atoms with Crippen LogP contribution < -0.4 is 5.32 Å². The first-order valence-corrected chi connectivity index (χ1v) is 13.0. The Bertz CT molecular complexity index is 1530. The Kier molecular flexibility index (Phi) is 7.44. The van der Waals surface area contributed by atoms with Crippen molar-refractivity contribution in [1.82, 2.24) is 14.7 Å². The monoisotopic (exact) mass is 542 g/mol. The highest BCUT2D eigenvalue weighted by Gasteiger charge is 2.36. The Morgan fingerprint density at radius 3 is 2.42 bits per heavy atom. The molecule has 1 aliphatic heterocycles. The van der Waals surface area contributed by atoms with E-state index in [-0.39, 0.29) is 11.4 Å². The van der Waals surface area contributed by atoms with Gasteiger partial charge in [-0.3, -0.25) is 24.0 Å². The van der Waals surface area contributed by atoms with Crippen LogP contribution in [0.5, 0.6) is 0 Å². The lowest BCUT2D eigenvalue weighted by Gasteiger charge is -2.12. The molecule has 38 heavy (non-hydrogen) atoms. The standard InChI is InChI=1S/C29H23ClN4O3S/c1-19-7-13-24(14-8-19)31-26(35)18-34-28(36)25(38-29(34)37)15-22-17-33(16-20-9-11-23(30)12-10-20)32-27(22)21-5-3-2-4-6-21/h2-15,17H,16,18H2,1H3,(H,31,35). The first-order valence-electron chi connectivity index (χ1n) is 11.8. The number of carbonyl (C=O) groups excluding carboxylic acids is 3. The van der Waals surface area contributed by atoms with Gasteiger partial charge in [0.2, 0.25) is 5.91 Å². The van der Waals surface area contributed by atoms with Crippen molar-refractivity contribution in [2.75, 3.05) is 11.9 Å². The molecule has 3 amide bonds. The van der Waals surface area contributed by atoms with Crippen LogP contribution in [0.15, 0.2) is 90.0 Å². The van der Waals surface area contributed by atoms with Gasteiger partial charge in [0.25, 0.3) is 11.1 Å². The van der Waals surface area contributed by atoms with Gasteiger partial charge in [0, 0.05) is 28.0 Å². The van der Waals surface area contributed by atoms with Gasteiger partial charge in [0.1, 0.15) is 6.54 Å². The molecule has 7 nitrogen and oxygen atoms in total. The molecule has 3 aromatic carbocycles. The number of nitrogens with one attached hydrogen (secondary N) is 1. The number of hydrogen-bond donors (Lipinski definition) is 1. The lowest BCUT2D eigenvalue weighted by molar-refractivity contribution is -0.127. The normalized spacial score (nSPS) is 14.4.